The molecule has 0 spiro atoms. The van der Waals surface area contributed by atoms with E-state index in [1.54, 1.807) is 6.20 Å². The zero-order valence-electron chi connectivity index (χ0n) is 5.90. The van der Waals surface area contributed by atoms with E-state index in [1.807, 2.05) is 17.1 Å². The third-order valence-corrected chi connectivity index (χ3v) is 1.29. The molecule has 0 saturated carbocycles. The Balaban J connectivity index is 2.21. The summed E-state index contributed by atoms with van der Waals surface area (Å²) in [4.78, 5) is 7.67. The molecule has 0 amide bonds. The summed E-state index contributed by atoms with van der Waals surface area (Å²) in [6.45, 7) is 5.22. The molecule has 0 saturated heterocycles. The fraction of sp³-hybridized carbons (Fsp3) is 0.429. The van der Waals surface area contributed by atoms with Crippen molar-refractivity contribution in [2.24, 2.45) is 4.99 Å². The molecule has 0 aromatic carbocycles. The normalized spacial score (nSPS) is 9.60. The van der Waals surface area contributed by atoms with Crippen molar-refractivity contribution in [3.8, 4) is 0 Å². The Morgan fingerprint density at radius 1 is 1.60 bits per heavy atom. The third kappa shape index (κ3) is 2.01. The molecule has 0 fully saturated rings. The highest BCUT2D eigenvalue weighted by atomic mass is 15.0. The van der Waals surface area contributed by atoms with Crippen molar-refractivity contribution in [1.29, 1.82) is 0 Å². The van der Waals surface area contributed by atoms with Crippen molar-refractivity contribution in [3.63, 3.8) is 0 Å². The summed E-state index contributed by atoms with van der Waals surface area (Å²) >= 11 is 0. The number of rotatable bonds is 4. The molecule has 0 radical (unpaired) electrons. The lowest BCUT2D eigenvalue weighted by Crippen LogP contribution is -1.95. The molecule has 0 bridgehead atoms. The van der Waals surface area contributed by atoms with Crippen LogP contribution in [0.4, 0.5) is 0 Å². The fourth-order valence-electron chi connectivity index (χ4n) is 0.784. The molecule has 1 heterocycles. The first-order valence-corrected chi connectivity index (χ1v) is 3.31. The minimum absolute atomic E-state index is 0.832. The standard InChI is InChI=1S/C7H11N3/c1-8-3-2-5-10-6-4-9-7-10/h4,6-7H,1-3,5H2. The van der Waals surface area contributed by atoms with E-state index in [4.69, 9.17) is 0 Å². The molecule has 54 valence electrons. The molecule has 10 heavy (non-hydrogen) atoms. The van der Waals surface area contributed by atoms with Crippen LogP contribution < -0.4 is 0 Å². The van der Waals surface area contributed by atoms with E-state index in [0.717, 1.165) is 19.5 Å². The highest BCUT2D eigenvalue weighted by molar-refractivity contribution is 5.22. The zero-order valence-corrected chi connectivity index (χ0v) is 5.90. The van der Waals surface area contributed by atoms with E-state index >= 15 is 0 Å². The molecule has 1 rings (SSSR count). The van der Waals surface area contributed by atoms with Gasteiger partial charge in [-0.25, -0.2) is 4.98 Å². The Labute approximate surface area is 60.4 Å². The van der Waals surface area contributed by atoms with Gasteiger partial charge in [0.25, 0.3) is 0 Å². The summed E-state index contributed by atoms with van der Waals surface area (Å²) in [5.74, 6) is 0. The van der Waals surface area contributed by atoms with E-state index in [-0.39, 0.29) is 0 Å². The van der Waals surface area contributed by atoms with Crippen LogP contribution in [0, 0.1) is 0 Å². The molecule has 1 aromatic heterocycles. The Bertz CT molecular complexity index is 179. The summed E-state index contributed by atoms with van der Waals surface area (Å²) in [5, 5.41) is 0. The lowest BCUT2D eigenvalue weighted by atomic mass is 10.4. The van der Waals surface area contributed by atoms with Gasteiger partial charge in [0.2, 0.25) is 0 Å². The van der Waals surface area contributed by atoms with Crippen molar-refractivity contribution in [2.45, 2.75) is 13.0 Å². The van der Waals surface area contributed by atoms with Gasteiger partial charge in [0, 0.05) is 25.5 Å². The molecule has 1 aromatic rings. The van der Waals surface area contributed by atoms with E-state index in [1.165, 1.54) is 0 Å². The van der Waals surface area contributed by atoms with Crippen LogP contribution in [-0.4, -0.2) is 22.8 Å². The molecule has 0 N–H and O–H groups in total. The van der Waals surface area contributed by atoms with Crippen molar-refractivity contribution in [2.75, 3.05) is 6.54 Å². The van der Waals surface area contributed by atoms with Crippen LogP contribution in [-0.2, 0) is 6.54 Å². The summed E-state index contributed by atoms with van der Waals surface area (Å²) in [6, 6.07) is 0. The van der Waals surface area contributed by atoms with E-state index < -0.39 is 0 Å². The Morgan fingerprint density at radius 2 is 2.50 bits per heavy atom. The Kier molecular flexibility index (Phi) is 2.67. The molecule has 0 aliphatic carbocycles. The Hall–Kier alpha value is -1.12. The maximum atomic E-state index is 3.92. The monoisotopic (exact) mass is 137 g/mol. The predicted molar refractivity (Wildman–Crippen MR) is 41.3 cm³/mol. The van der Waals surface area contributed by atoms with Gasteiger partial charge in [-0.15, -0.1) is 0 Å². The van der Waals surface area contributed by atoms with Crippen LogP contribution in [0.15, 0.2) is 23.7 Å². The van der Waals surface area contributed by atoms with E-state index in [2.05, 4.69) is 16.7 Å². The van der Waals surface area contributed by atoms with Gasteiger partial charge in [-0.1, -0.05) is 0 Å². The molecule has 0 unspecified atom stereocenters. The molecular weight excluding hydrogens is 126 g/mol. The van der Waals surface area contributed by atoms with Crippen LogP contribution in [0.5, 0.6) is 0 Å². The second kappa shape index (κ2) is 3.82. The first-order valence-electron chi connectivity index (χ1n) is 3.31. The average molecular weight is 137 g/mol. The molecule has 0 atom stereocenters. The quantitative estimate of drug-likeness (QED) is 0.449. The van der Waals surface area contributed by atoms with Crippen LogP contribution in [0.2, 0.25) is 0 Å². The number of imidazole rings is 1. The van der Waals surface area contributed by atoms with Crippen LogP contribution in [0.1, 0.15) is 6.42 Å². The van der Waals surface area contributed by atoms with Crippen molar-refractivity contribution < 1.29 is 0 Å². The molecule has 0 aliphatic heterocycles. The minimum Gasteiger partial charge on any atom is -0.337 e. The summed E-state index contributed by atoms with van der Waals surface area (Å²) in [6.07, 6.45) is 6.58. The Morgan fingerprint density at radius 3 is 3.10 bits per heavy atom. The SMILES string of the molecule is C=NCCCn1ccnc1. The maximum absolute atomic E-state index is 3.92. The number of hydrogen-bond acceptors (Lipinski definition) is 2. The number of hydrogen-bond donors (Lipinski definition) is 0. The van der Waals surface area contributed by atoms with Gasteiger partial charge >= 0.3 is 0 Å². The third-order valence-electron chi connectivity index (χ3n) is 1.29. The van der Waals surface area contributed by atoms with E-state index in [9.17, 15) is 0 Å². The first-order chi connectivity index (χ1) is 4.93. The number of aromatic nitrogens is 2. The topological polar surface area (TPSA) is 30.2 Å². The smallest absolute Gasteiger partial charge is 0.0945 e. The van der Waals surface area contributed by atoms with Gasteiger partial charge in [-0.3, -0.25) is 0 Å². The van der Waals surface area contributed by atoms with Gasteiger partial charge < -0.3 is 9.56 Å². The second-order valence-corrected chi connectivity index (χ2v) is 2.10. The van der Waals surface area contributed by atoms with Crippen molar-refractivity contribution >= 4 is 6.72 Å². The molecule has 3 nitrogen and oxygen atoms in total. The van der Waals surface area contributed by atoms with Gasteiger partial charge in [0.05, 0.1) is 6.33 Å². The molecule has 0 aliphatic rings. The maximum Gasteiger partial charge on any atom is 0.0945 e. The van der Waals surface area contributed by atoms with Gasteiger partial charge in [-0.05, 0) is 13.1 Å². The number of aryl methyl sites for hydroxylation is 1. The largest absolute Gasteiger partial charge is 0.337 e. The van der Waals surface area contributed by atoms with Crippen LogP contribution in [0.3, 0.4) is 0 Å². The van der Waals surface area contributed by atoms with Gasteiger partial charge in [0.15, 0.2) is 0 Å². The lowest BCUT2D eigenvalue weighted by molar-refractivity contribution is 0.652. The highest BCUT2D eigenvalue weighted by Crippen LogP contribution is 1.89. The minimum atomic E-state index is 0.832. The average Bonchev–Trinajstić information content (AvgIpc) is 2.41. The van der Waals surface area contributed by atoms with Crippen molar-refractivity contribution in [1.82, 2.24) is 9.55 Å². The number of aliphatic imine (C=N–C) groups is 1. The summed E-state index contributed by atoms with van der Waals surface area (Å²) in [5.41, 5.74) is 0. The van der Waals surface area contributed by atoms with Crippen LogP contribution in [0.25, 0.3) is 0 Å². The highest BCUT2D eigenvalue weighted by Gasteiger charge is 1.86. The zero-order chi connectivity index (χ0) is 7.23. The predicted octanol–water partition coefficient (Wildman–Crippen LogP) is 0.974. The van der Waals surface area contributed by atoms with Gasteiger partial charge in [-0.2, -0.15) is 0 Å². The number of nitrogens with zero attached hydrogens (tertiary/aromatic N) is 3. The summed E-state index contributed by atoms with van der Waals surface area (Å²) in [7, 11) is 0. The van der Waals surface area contributed by atoms with Crippen LogP contribution >= 0.6 is 0 Å². The first kappa shape index (κ1) is 6.99. The van der Waals surface area contributed by atoms with E-state index in [0.29, 0.717) is 0 Å². The lowest BCUT2D eigenvalue weighted by Gasteiger charge is -1.96. The molecular formula is C7H11N3. The van der Waals surface area contributed by atoms with Crippen molar-refractivity contribution in [3.05, 3.63) is 18.7 Å². The van der Waals surface area contributed by atoms with Gasteiger partial charge in [0.1, 0.15) is 0 Å². The second-order valence-electron chi connectivity index (χ2n) is 2.10. The fourth-order valence-corrected chi connectivity index (χ4v) is 0.784. The summed E-state index contributed by atoms with van der Waals surface area (Å²) < 4.78 is 2.03. The molecule has 3 heteroatoms.